The second-order valence-electron chi connectivity index (χ2n) is 4.29. The molecule has 2 N–H and O–H groups in total. The highest BCUT2D eigenvalue weighted by atomic mass is 16.2. The Labute approximate surface area is 86.6 Å². The molecule has 0 aliphatic heterocycles. The van der Waals surface area contributed by atoms with Crippen molar-refractivity contribution in [1.29, 1.82) is 0 Å². The van der Waals surface area contributed by atoms with E-state index in [1.165, 1.54) is 12.8 Å². The van der Waals surface area contributed by atoms with Crippen molar-refractivity contribution in [3.8, 4) is 0 Å². The third kappa shape index (κ3) is 3.99. The monoisotopic (exact) mass is 198 g/mol. The second kappa shape index (κ2) is 5.89. The maximum Gasteiger partial charge on any atom is 0.315 e. The van der Waals surface area contributed by atoms with Crippen molar-refractivity contribution in [2.45, 2.75) is 64.5 Å². The SMILES string of the molecule is CCCC(C)NC(=O)NC1CCCC1. The topological polar surface area (TPSA) is 41.1 Å². The zero-order valence-electron chi connectivity index (χ0n) is 9.31. The number of nitrogens with one attached hydrogen (secondary N) is 2. The predicted molar refractivity (Wildman–Crippen MR) is 58.3 cm³/mol. The molecule has 1 atom stereocenters. The highest BCUT2D eigenvalue weighted by molar-refractivity contribution is 5.74. The average Bonchev–Trinajstić information content (AvgIpc) is 2.56. The Bertz CT molecular complexity index is 176. The molecule has 0 saturated heterocycles. The fraction of sp³-hybridized carbons (Fsp3) is 0.909. The van der Waals surface area contributed by atoms with Gasteiger partial charge in [0.15, 0.2) is 0 Å². The molecule has 0 aromatic rings. The zero-order valence-corrected chi connectivity index (χ0v) is 9.31. The molecule has 1 fully saturated rings. The lowest BCUT2D eigenvalue weighted by Gasteiger charge is -2.16. The highest BCUT2D eigenvalue weighted by Gasteiger charge is 2.17. The van der Waals surface area contributed by atoms with Crippen LogP contribution in [0, 0.1) is 0 Å². The van der Waals surface area contributed by atoms with Crippen molar-refractivity contribution in [1.82, 2.24) is 10.6 Å². The molecule has 1 aliphatic rings. The fourth-order valence-electron chi connectivity index (χ4n) is 2.03. The van der Waals surface area contributed by atoms with E-state index >= 15 is 0 Å². The molecule has 1 saturated carbocycles. The molecule has 0 aromatic heterocycles. The third-order valence-electron chi connectivity index (χ3n) is 2.79. The Hall–Kier alpha value is -0.730. The fourth-order valence-corrected chi connectivity index (χ4v) is 2.03. The summed E-state index contributed by atoms with van der Waals surface area (Å²) in [6.07, 6.45) is 6.99. The van der Waals surface area contributed by atoms with Crippen molar-refractivity contribution < 1.29 is 4.79 Å². The number of carbonyl (C=O) groups is 1. The van der Waals surface area contributed by atoms with Gasteiger partial charge in [0.2, 0.25) is 0 Å². The molecule has 82 valence electrons. The molecule has 0 radical (unpaired) electrons. The maximum atomic E-state index is 11.5. The van der Waals surface area contributed by atoms with E-state index in [1.807, 2.05) is 0 Å². The number of amides is 2. The first kappa shape index (κ1) is 11.3. The number of hydrogen-bond acceptors (Lipinski definition) is 1. The van der Waals surface area contributed by atoms with Crippen LogP contribution in [0.1, 0.15) is 52.4 Å². The van der Waals surface area contributed by atoms with E-state index in [2.05, 4.69) is 24.5 Å². The van der Waals surface area contributed by atoms with E-state index in [0.717, 1.165) is 25.7 Å². The van der Waals surface area contributed by atoms with E-state index in [-0.39, 0.29) is 6.03 Å². The normalized spacial score (nSPS) is 19.3. The largest absolute Gasteiger partial charge is 0.336 e. The number of urea groups is 1. The molecule has 0 heterocycles. The van der Waals surface area contributed by atoms with E-state index < -0.39 is 0 Å². The van der Waals surface area contributed by atoms with E-state index in [4.69, 9.17) is 0 Å². The highest BCUT2D eigenvalue weighted by Crippen LogP contribution is 2.17. The van der Waals surface area contributed by atoms with Crippen LogP contribution in [-0.4, -0.2) is 18.1 Å². The number of carbonyl (C=O) groups excluding carboxylic acids is 1. The molecule has 0 bridgehead atoms. The Morgan fingerprint density at radius 3 is 2.64 bits per heavy atom. The van der Waals surface area contributed by atoms with Gasteiger partial charge in [-0.25, -0.2) is 4.79 Å². The van der Waals surface area contributed by atoms with Crippen molar-refractivity contribution in [3.63, 3.8) is 0 Å². The van der Waals surface area contributed by atoms with Crippen LogP contribution in [-0.2, 0) is 0 Å². The smallest absolute Gasteiger partial charge is 0.315 e. The minimum atomic E-state index is 0.0119. The summed E-state index contributed by atoms with van der Waals surface area (Å²) in [6.45, 7) is 4.19. The molecule has 0 spiro atoms. The van der Waals surface area contributed by atoms with Gasteiger partial charge in [0, 0.05) is 12.1 Å². The van der Waals surface area contributed by atoms with Gasteiger partial charge < -0.3 is 10.6 Å². The first-order valence-corrected chi connectivity index (χ1v) is 5.79. The van der Waals surface area contributed by atoms with Crippen LogP contribution in [0.2, 0.25) is 0 Å². The van der Waals surface area contributed by atoms with E-state index in [1.54, 1.807) is 0 Å². The lowest BCUT2D eigenvalue weighted by atomic mass is 10.2. The predicted octanol–water partition coefficient (Wildman–Crippen LogP) is 2.42. The first-order chi connectivity index (χ1) is 6.72. The van der Waals surface area contributed by atoms with Crippen LogP contribution < -0.4 is 10.6 Å². The van der Waals surface area contributed by atoms with Crippen LogP contribution in [0.5, 0.6) is 0 Å². The molecule has 1 rings (SSSR count). The molecule has 14 heavy (non-hydrogen) atoms. The molecule has 2 amide bonds. The summed E-state index contributed by atoms with van der Waals surface area (Å²) >= 11 is 0. The minimum Gasteiger partial charge on any atom is -0.336 e. The molecule has 3 heteroatoms. The summed E-state index contributed by atoms with van der Waals surface area (Å²) in [6, 6.07) is 0.725. The molecular formula is C11H22N2O. The summed E-state index contributed by atoms with van der Waals surface area (Å²) in [5, 5.41) is 5.98. The summed E-state index contributed by atoms with van der Waals surface area (Å²) in [5.41, 5.74) is 0. The summed E-state index contributed by atoms with van der Waals surface area (Å²) in [7, 11) is 0. The van der Waals surface area contributed by atoms with Crippen molar-refractivity contribution in [2.24, 2.45) is 0 Å². The van der Waals surface area contributed by atoms with E-state index in [0.29, 0.717) is 12.1 Å². The maximum absolute atomic E-state index is 11.5. The van der Waals surface area contributed by atoms with Gasteiger partial charge >= 0.3 is 6.03 Å². The van der Waals surface area contributed by atoms with Gasteiger partial charge in [-0.15, -0.1) is 0 Å². The first-order valence-electron chi connectivity index (χ1n) is 5.79. The second-order valence-corrected chi connectivity index (χ2v) is 4.29. The zero-order chi connectivity index (χ0) is 10.4. The Morgan fingerprint density at radius 1 is 1.43 bits per heavy atom. The van der Waals surface area contributed by atoms with Crippen LogP contribution in [0.25, 0.3) is 0 Å². The lowest BCUT2D eigenvalue weighted by Crippen LogP contribution is -2.44. The molecular weight excluding hydrogens is 176 g/mol. The number of rotatable bonds is 4. The Morgan fingerprint density at radius 2 is 2.07 bits per heavy atom. The molecule has 1 unspecified atom stereocenters. The van der Waals surface area contributed by atoms with Crippen molar-refractivity contribution in [2.75, 3.05) is 0 Å². The summed E-state index contributed by atoms with van der Waals surface area (Å²) < 4.78 is 0. The quantitative estimate of drug-likeness (QED) is 0.715. The van der Waals surface area contributed by atoms with Gasteiger partial charge in [-0.2, -0.15) is 0 Å². The number of hydrogen-bond donors (Lipinski definition) is 2. The lowest BCUT2D eigenvalue weighted by molar-refractivity contribution is 0.233. The minimum absolute atomic E-state index is 0.0119. The van der Waals surface area contributed by atoms with Crippen LogP contribution in [0.3, 0.4) is 0 Å². The van der Waals surface area contributed by atoms with Gasteiger partial charge in [0.25, 0.3) is 0 Å². The Balaban J connectivity index is 2.14. The van der Waals surface area contributed by atoms with Gasteiger partial charge in [-0.05, 0) is 26.2 Å². The molecule has 0 aromatic carbocycles. The Kier molecular flexibility index (Phi) is 4.77. The van der Waals surface area contributed by atoms with Gasteiger partial charge in [-0.1, -0.05) is 26.2 Å². The standard InChI is InChI=1S/C11H22N2O/c1-3-6-9(2)12-11(14)13-10-7-4-5-8-10/h9-10H,3-8H2,1-2H3,(H2,12,13,14). The average molecular weight is 198 g/mol. The summed E-state index contributed by atoms with van der Waals surface area (Å²) in [5.74, 6) is 0. The van der Waals surface area contributed by atoms with Crippen molar-refractivity contribution >= 4 is 6.03 Å². The third-order valence-corrected chi connectivity index (χ3v) is 2.79. The summed E-state index contributed by atoms with van der Waals surface area (Å²) in [4.78, 5) is 11.5. The van der Waals surface area contributed by atoms with Gasteiger partial charge in [-0.3, -0.25) is 0 Å². The van der Waals surface area contributed by atoms with Crippen LogP contribution in [0.4, 0.5) is 4.79 Å². The van der Waals surface area contributed by atoms with Gasteiger partial charge in [0.1, 0.15) is 0 Å². The van der Waals surface area contributed by atoms with Crippen LogP contribution in [0.15, 0.2) is 0 Å². The van der Waals surface area contributed by atoms with Crippen LogP contribution >= 0.6 is 0 Å². The van der Waals surface area contributed by atoms with Gasteiger partial charge in [0.05, 0.1) is 0 Å². The van der Waals surface area contributed by atoms with E-state index in [9.17, 15) is 4.79 Å². The van der Waals surface area contributed by atoms with Crippen molar-refractivity contribution in [3.05, 3.63) is 0 Å². The molecule has 3 nitrogen and oxygen atoms in total. The molecule has 1 aliphatic carbocycles.